The van der Waals surface area contributed by atoms with Crippen molar-refractivity contribution in [1.82, 2.24) is 0 Å². The van der Waals surface area contributed by atoms with Crippen LogP contribution in [0.2, 0.25) is 0 Å². The Labute approximate surface area is 152 Å². The molecule has 0 aromatic heterocycles. The summed E-state index contributed by atoms with van der Waals surface area (Å²) in [7, 11) is 0. The van der Waals surface area contributed by atoms with Crippen LogP contribution in [0.25, 0.3) is 0 Å². The van der Waals surface area contributed by atoms with E-state index in [1.54, 1.807) is 0 Å². The molecular formula is C23H31NO. The maximum absolute atomic E-state index is 6.42. The van der Waals surface area contributed by atoms with Gasteiger partial charge >= 0.3 is 0 Å². The van der Waals surface area contributed by atoms with Crippen molar-refractivity contribution in [3.63, 3.8) is 0 Å². The third-order valence-corrected chi connectivity index (χ3v) is 5.50. The molecule has 0 spiro atoms. The van der Waals surface area contributed by atoms with E-state index in [9.17, 15) is 0 Å². The predicted molar refractivity (Wildman–Crippen MR) is 105 cm³/mol. The molecule has 2 heteroatoms. The summed E-state index contributed by atoms with van der Waals surface area (Å²) in [5, 5.41) is 0. The van der Waals surface area contributed by atoms with Gasteiger partial charge in [0, 0.05) is 5.92 Å². The summed E-state index contributed by atoms with van der Waals surface area (Å²) in [4.78, 5) is 0. The Balaban J connectivity index is 1.65. The maximum atomic E-state index is 6.42. The number of para-hydroxylation sites is 1. The lowest BCUT2D eigenvalue weighted by Crippen LogP contribution is -2.17. The Bertz CT molecular complexity index is 640. The van der Waals surface area contributed by atoms with E-state index in [0.717, 1.165) is 18.7 Å². The summed E-state index contributed by atoms with van der Waals surface area (Å²) in [6.45, 7) is 3.07. The molecule has 2 aromatic rings. The van der Waals surface area contributed by atoms with Crippen LogP contribution < -0.4 is 10.5 Å². The van der Waals surface area contributed by atoms with Crippen LogP contribution in [0.15, 0.2) is 54.6 Å². The molecule has 0 fully saturated rings. The van der Waals surface area contributed by atoms with E-state index in [1.165, 1.54) is 43.2 Å². The number of rotatable bonds is 9. The van der Waals surface area contributed by atoms with Gasteiger partial charge in [-0.2, -0.15) is 0 Å². The minimum Gasteiger partial charge on any atom is -0.485 e. The minimum absolute atomic E-state index is 0.182. The fourth-order valence-electron chi connectivity index (χ4n) is 4.16. The fourth-order valence-corrected chi connectivity index (χ4v) is 4.16. The molecule has 2 N–H and O–H groups in total. The number of benzene rings is 2. The van der Waals surface area contributed by atoms with E-state index in [2.05, 4.69) is 43.3 Å². The Kier molecular flexibility index (Phi) is 6.52. The molecule has 2 nitrogen and oxygen atoms in total. The van der Waals surface area contributed by atoms with Gasteiger partial charge in [0.25, 0.3) is 0 Å². The molecule has 134 valence electrons. The van der Waals surface area contributed by atoms with E-state index in [1.807, 2.05) is 18.2 Å². The highest BCUT2D eigenvalue weighted by molar-refractivity contribution is 5.36. The van der Waals surface area contributed by atoms with Crippen molar-refractivity contribution >= 4 is 0 Å². The summed E-state index contributed by atoms with van der Waals surface area (Å²) >= 11 is 0. The van der Waals surface area contributed by atoms with Crippen LogP contribution in [0.5, 0.6) is 5.75 Å². The second-order valence-corrected chi connectivity index (χ2v) is 7.34. The van der Waals surface area contributed by atoms with Crippen molar-refractivity contribution in [3.8, 4) is 5.75 Å². The van der Waals surface area contributed by atoms with E-state index in [-0.39, 0.29) is 6.10 Å². The van der Waals surface area contributed by atoms with Crippen molar-refractivity contribution in [2.24, 2.45) is 17.6 Å². The first-order valence-corrected chi connectivity index (χ1v) is 9.81. The monoisotopic (exact) mass is 337 g/mol. The predicted octanol–water partition coefficient (Wildman–Crippen LogP) is 5.52. The quantitative estimate of drug-likeness (QED) is 0.653. The summed E-state index contributed by atoms with van der Waals surface area (Å²) in [5.74, 6) is 2.22. The Morgan fingerprint density at radius 3 is 2.56 bits per heavy atom. The molecule has 3 atom stereocenters. The zero-order valence-corrected chi connectivity index (χ0v) is 15.4. The lowest BCUT2D eigenvalue weighted by atomic mass is 9.91. The van der Waals surface area contributed by atoms with Crippen molar-refractivity contribution in [3.05, 3.63) is 65.7 Å². The van der Waals surface area contributed by atoms with Crippen LogP contribution in [0, 0.1) is 11.8 Å². The number of hydrogen-bond donors (Lipinski definition) is 1. The summed E-state index contributed by atoms with van der Waals surface area (Å²) < 4.78 is 6.42. The van der Waals surface area contributed by atoms with Gasteiger partial charge in [-0.1, -0.05) is 62.2 Å². The molecule has 0 bridgehead atoms. The molecule has 0 heterocycles. The summed E-state index contributed by atoms with van der Waals surface area (Å²) in [6, 6.07) is 19.0. The molecule has 0 saturated heterocycles. The second kappa shape index (κ2) is 9.05. The van der Waals surface area contributed by atoms with E-state index >= 15 is 0 Å². The topological polar surface area (TPSA) is 35.2 Å². The molecule has 2 aromatic carbocycles. The van der Waals surface area contributed by atoms with Gasteiger partial charge in [-0.05, 0) is 61.4 Å². The van der Waals surface area contributed by atoms with Gasteiger partial charge in [-0.15, -0.1) is 0 Å². The van der Waals surface area contributed by atoms with Crippen molar-refractivity contribution in [1.29, 1.82) is 0 Å². The second-order valence-electron chi connectivity index (χ2n) is 7.34. The van der Waals surface area contributed by atoms with Crippen LogP contribution in [-0.4, -0.2) is 6.54 Å². The number of nitrogens with two attached hydrogens (primary N) is 1. The van der Waals surface area contributed by atoms with E-state index in [4.69, 9.17) is 10.5 Å². The van der Waals surface area contributed by atoms with Crippen molar-refractivity contribution in [2.45, 2.75) is 51.6 Å². The zero-order chi connectivity index (χ0) is 17.5. The molecular weight excluding hydrogens is 306 g/mol. The average Bonchev–Trinajstić information content (AvgIpc) is 2.99. The van der Waals surface area contributed by atoms with Crippen molar-refractivity contribution in [2.75, 3.05) is 6.54 Å². The standard InChI is InChI=1S/C23H31NO/c1-2-9-18(17-24)10-8-12-20-16-19-11-6-7-15-22(19)23(20)25-21-13-4-3-5-14-21/h3-7,11,13-15,18,20,23H,2,8-10,12,16-17,24H2,1H3/t18?,20-,23?/m1/s1. The van der Waals surface area contributed by atoms with Crippen LogP contribution in [-0.2, 0) is 6.42 Å². The molecule has 0 amide bonds. The largest absolute Gasteiger partial charge is 0.485 e. The molecule has 1 aliphatic carbocycles. The Hall–Kier alpha value is -1.80. The van der Waals surface area contributed by atoms with Gasteiger partial charge in [-0.25, -0.2) is 0 Å². The fraction of sp³-hybridized carbons (Fsp3) is 0.478. The van der Waals surface area contributed by atoms with Gasteiger partial charge in [0.2, 0.25) is 0 Å². The zero-order valence-electron chi connectivity index (χ0n) is 15.4. The Morgan fingerprint density at radius 2 is 1.80 bits per heavy atom. The van der Waals surface area contributed by atoms with Gasteiger partial charge in [0.15, 0.2) is 0 Å². The number of ether oxygens (including phenoxy) is 1. The van der Waals surface area contributed by atoms with Crippen LogP contribution in [0.3, 0.4) is 0 Å². The van der Waals surface area contributed by atoms with E-state index in [0.29, 0.717) is 11.8 Å². The SMILES string of the molecule is CCCC(CN)CCC[C@@H]1Cc2ccccc2C1Oc1ccccc1. The Morgan fingerprint density at radius 1 is 1.04 bits per heavy atom. The third kappa shape index (κ3) is 4.64. The summed E-state index contributed by atoms with van der Waals surface area (Å²) in [5.41, 5.74) is 8.76. The van der Waals surface area contributed by atoms with Gasteiger partial charge < -0.3 is 10.5 Å². The lowest BCUT2D eigenvalue weighted by Gasteiger charge is -2.23. The van der Waals surface area contributed by atoms with E-state index < -0.39 is 0 Å². The average molecular weight is 338 g/mol. The third-order valence-electron chi connectivity index (χ3n) is 5.50. The lowest BCUT2D eigenvalue weighted by molar-refractivity contribution is 0.140. The normalized spacial score (nSPS) is 20.2. The molecule has 0 aliphatic heterocycles. The van der Waals surface area contributed by atoms with Gasteiger partial charge in [-0.3, -0.25) is 0 Å². The van der Waals surface area contributed by atoms with Gasteiger partial charge in [0.05, 0.1) is 0 Å². The van der Waals surface area contributed by atoms with Crippen LogP contribution >= 0.6 is 0 Å². The number of hydrogen-bond acceptors (Lipinski definition) is 2. The first-order valence-electron chi connectivity index (χ1n) is 9.81. The molecule has 1 aliphatic rings. The molecule has 0 saturated carbocycles. The molecule has 2 unspecified atom stereocenters. The van der Waals surface area contributed by atoms with Crippen LogP contribution in [0.1, 0.15) is 56.3 Å². The maximum Gasteiger partial charge on any atom is 0.127 e. The first-order chi connectivity index (χ1) is 12.3. The first kappa shape index (κ1) is 18.0. The van der Waals surface area contributed by atoms with Crippen molar-refractivity contribution < 1.29 is 4.74 Å². The highest BCUT2D eigenvalue weighted by Gasteiger charge is 2.33. The number of fused-ring (bicyclic) bond motifs is 1. The molecule has 25 heavy (non-hydrogen) atoms. The smallest absolute Gasteiger partial charge is 0.127 e. The molecule has 3 rings (SSSR count). The summed E-state index contributed by atoms with van der Waals surface area (Å²) in [6.07, 6.45) is 7.51. The van der Waals surface area contributed by atoms with Gasteiger partial charge in [0.1, 0.15) is 11.9 Å². The highest BCUT2D eigenvalue weighted by Crippen LogP contribution is 2.41. The van der Waals surface area contributed by atoms with Crippen LogP contribution in [0.4, 0.5) is 0 Å². The molecule has 0 radical (unpaired) electrons. The highest BCUT2D eigenvalue weighted by atomic mass is 16.5. The minimum atomic E-state index is 0.182.